The molecule has 1 fully saturated rings. The van der Waals surface area contributed by atoms with Crippen molar-refractivity contribution >= 4 is 51.1 Å². The number of fused-ring (bicyclic) bond motifs is 2. The lowest BCUT2D eigenvalue weighted by atomic mass is 9.84. The number of halogens is 1. The summed E-state index contributed by atoms with van der Waals surface area (Å²) >= 11 is 7.56. The monoisotopic (exact) mass is 450 g/mol. The van der Waals surface area contributed by atoms with Gasteiger partial charge in [0, 0.05) is 28.1 Å². The molecule has 0 radical (unpaired) electrons. The molecule has 2 aromatic heterocycles. The Morgan fingerprint density at radius 1 is 0.968 bits per heavy atom. The van der Waals surface area contributed by atoms with Crippen LogP contribution in [-0.2, 0) is 9.53 Å². The molecule has 6 heteroatoms. The van der Waals surface area contributed by atoms with E-state index in [9.17, 15) is 4.79 Å². The van der Waals surface area contributed by atoms with Crippen LogP contribution < -0.4 is 0 Å². The second-order valence-electron chi connectivity index (χ2n) is 7.31. The fraction of sp³-hybridized carbons (Fsp3) is 0.240. The van der Waals surface area contributed by atoms with Gasteiger partial charge in [0.2, 0.25) is 0 Å². The van der Waals surface area contributed by atoms with Crippen molar-refractivity contribution in [1.82, 2.24) is 9.97 Å². The molecule has 1 aliphatic rings. The van der Waals surface area contributed by atoms with Crippen molar-refractivity contribution in [2.24, 2.45) is 0 Å². The Morgan fingerprint density at radius 3 is 2.19 bits per heavy atom. The minimum Gasteiger partial charge on any atom is -0.465 e. The van der Waals surface area contributed by atoms with E-state index in [0.29, 0.717) is 6.61 Å². The lowest BCUT2D eigenvalue weighted by Gasteiger charge is -2.38. The van der Waals surface area contributed by atoms with E-state index in [4.69, 9.17) is 16.3 Å². The zero-order chi connectivity index (χ0) is 21.7. The Bertz CT molecular complexity index is 1200. The molecule has 0 unspecified atom stereocenters. The number of ether oxygens (including phenoxy) is 1. The Labute approximate surface area is 191 Å². The summed E-state index contributed by atoms with van der Waals surface area (Å²) in [5.74, 6) is -0.0721. The molecule has 0 spiro atoms. The predicted molar refractivity (Wildman–Crippen MR) is 128 cm³/mol. The topological polar surface area (TPSA) is 52.1 Å². The second kappa shape index (κ2) is 9.67. The number of pyridine rings is 2. The zero-order valence-corrected chi connectivity index (χ0v) is 18.8. The van der Waals surface area contributed by atoms with Gasteiger partial charge in [-0.2, -0.15) is 0 Å². The lowest BCUT2D eigenvalue weighted by Crippen LogP contribution is -2.43. The number of para-hydroxylation sites is 2. The Hall–Kier alpha value is -2.63. The average molecular weight is 451 g/mol. The van der Waals surface area contributed by atoms with Crippen molar-refractivity contribution in [3.63, 3.8) is 0 Å². The normalized spacial score (nSPS) is 14.4. The number of carbonyl (C=O) groups is 1. The van der Waals surface area contributed by atoms with Crippen LogP contribution in [0.1, 0.15) is 26.2 Å². The van der Waals surface area contributed by atoms with E-state index in [1.165, 1.54) is 0 Å². The average Bonchev–Trinajstić information content (AvgIpc) is 2.77. The molecule has 2 heterocycles. The molecular weight excluding hydrogens is 428 g/mol. The molecule has 1 aliphatic carbocycles. The number of aromatic nitrogens is 2. The van der Waals surface area contributed by atoms with Crippen molar-refractivity contribution in [2.75, 3.05) is 6.61 Å². The fourth-order valence-electron chi connectivity index (χ4n) is 3.54. The molecule has 0 atom stereocenters. The molecule has 0 N–H and O–H groups in total. The highest BCUT2D eigenvalue weighted by Crippen LogP contribution is 2.49. The van der Waals surface area contributed by atoms with Crippen LogP contribution in [0.3, 0.4) is 0 Å². The summed E-state index contributed by atoms with van der Waals surface area (Å²) in [5, 5.41) is 2.88. The van der Waals surface area contributed by atoms with Gasteiger partial charge in [0.25, 0.3) is 0 Å². The molecule has 0 aliphatic heterocycles. The predicted octanol–water partition coefficient (Wildman–Crippen LogP) is 6.70. The number of benzene rings is 2. The van der Waals surface area contributed by atoms with Gasteiger partial charge in [-0.15, -0.1) is 11.8 Å². The summed E-state index contributed by atoms with van der Waals surface area (Å²) in [6, 6.07) is 19.6. The van der Waals surface area contributed by atoms with Gasteiger partial charge in [-0.25, -0.2) is 0 Å². The molecule has 0 bridgehead atoms. The number of nitrogens with zero attached hydrogens (tertiary/aromatic N) is 2. The third kappa shape index (κ3) is 4.68. The van der Waals surface area contributed by atoms with Gasteiger partial charge in [0.15, 0.2) is 0 Å². The third-order valence-electron chi connectivity index (χ3n) is 5.32. The van der Waals surface area contributed by atoms with Crippen molar-refractivity contribution in [3.8, 4) is 0 Å². The van der Waals surface area contributed by atoms with Crippen molar-refractivity contribution in [3.05, 3.63) is 78.1 Å². The van der Waals surface area contributed by atoms with Crippen LogP contribution in [0.5, 0.6) is 0 Å². The van der Waals surface area contributed by atoms with Gasteiger partial charge in [-0.3, -0.25) is 14.8 Å². The molecule has 1 saturated carbocycles. The van der Waals surface area contributed by atoms with Crippen LogP contribution >= 0.6 is 23.4 Å². The molecule has 2 aromatic carbocycles. The van der Waals surface area contributed by atoms with Crippen molar-refractivity contribution in [2.45, 2.75) is 35.8 Å². The SMILES string of the molecule is CCOC(=O)C1(Sc2ccnc3ccccc23)CCC1.Clc1ccnc2ccccc12. The van der Waals surface area contributed by atoms with Gasteiger partial charge in [-0.1, -0.05) is 48.0 Å². The highest BCUT2D eigenvalue weighted by atomic mass is 35.5. The molecule has 4 nitrogen and oxygen atoms in total. The van der Waals surface area contributed by atoms with Gasteiger partial charge in [-0.05, 0) is 50.5 Å². The summed E-state index contributed by atoms with van der Waals surface area (Å²) < 4.78 is 4.87. The Balaban J connectivity index is 0.000000177. The first-order chi connectivity index (χ1) is 15.1. The van der Waals surface area contributed by atoms with Crippen LogP contribution in [0, 0.1) is 0 Å². The molecule has 158 valence electrons. The number of rotatable bonds is 4. The van der Waals surface area contributed by atoms with Crippen LogP contribution in [0.4, 0.5) is 0 Å². The Kier molecular flexibility index (Phi) is 6.73. The van der Waals surface area contributed by atoms with E-state index in [0.717, 1.165) is 51.0 Å². The number of hydrogen-bond acceptors (Lipinski definition) is 5. The van der Waals surface area contributed by atoms with Crippen LogP contribution in [0.25, 0.3) is 21.8 Å². The molecule has 5 rings (SSSR count). The first kappa shape index (κ1) is 21.6. The number of carbonyl (C=O) groups excluding carboxylic acids is 1. The van der Waals surface area contributed by atoms with Crippen molar-refractivity contribution < 1.29 is 9.53 Å². The van der Waals surface area contributed by atoms with E-state index >= 15 is 0 Å². The molecule has 31 heavy (non-hydrogen) atoms. The first-order valence-corrected chi connectivity index (χ1v) is 11.5. The minimum absolute atomic E-state index is 0.0721. The zero-order valence-electron chi connectivity index (χ0n) is 17.3. The molecule has 0 amide bonds. The highest BCUT2D eigenvalue weighted by Gasteiger charge is 2.46. The maximum atomic E-state index is 12.2. The van der Waals surface area contributed by atoms with E-state index in [-0.39, 0.29) is 10.7 Å². The maximum Gasteiger partial charge on any atom is 0.322 e. The van der Waals surface area contributed by atoms with E-state index in [2.05, 4.69) is 16.0 Å². The van der Waals surface area contributed by atoms with Gasteiger partial charge < -0.3 is 4.74 Å². The van der Waals surface area contributed by atoms with Gasteiger partial charge in [0.1, 0.15) is 4.75 Å². The fourth-order valence-corrected chi connectivity index (χ4v) is 5.22. The van der Waals surface area contributed by atoms with Gasteiger partial charge >= 0.3 is 5.97 Å². The largest absolute Gasteiger partial charge is 0.465 e. The van der Waals surface area contributed by atoms with E-state index in [1.807, 2.05) is 61.7 Å². The van der Waals surface area contributed by atoms with Crippen molar-refractivity contribution in [1.29, 1.82) is 0 Å². The number of thioether (sulfide) groups is 1. The maximum absolute atomic E-state index is 12.2. The number of hydrogen-bond donors (Lipinski definition) is 0. The highest BCUT2D eigenvalue weighted by molar-refractivity contribution is 8.01. The first-order valence-electron chi connectivity index (χ1n) is 10.3. The van der Waals surface area contributed by atoms with E-state index < -0.39 is 0 Å². The summed E-state index contributed by atoms with van der Waals surface area (Å²) in [6.07, 6.45) is 6.40. The summed E-state index contributed by atoms with van der Waals surface area (Å²) in [6.45, 7) is 2.30. The molecule has 0 saturated heterocycles. The smallest absolute Gasteiger partial charge is 0.322 e. The third-order valence-corrected chi connectivity index (χ3v) is 7.19. The van der Waals surface area contributed by atoms with Crippen LogP contribution in [0.15, 0.2) is 78.0 Å². The van der Waals surface area contributed by atoms with Crippen LogP contribution in [-0.4, -0.2) is 27.3 Å². The Morgan fingerprint density at radius 2 is 1.58 bits per heavy atom. The standard InChI is InChI=1S/C16H17NO2S.C9H6ClN/c1-2-19-15(18)16(9-5-10-16)20-14-8-11-17-13-7-4-3-6-12(13)14;10-8-5-6-11-9-4-2-1-3-7(8)9/h3-4,6-8,11H,2,5,9-10H2,1H3;1-6H. The summed E-state index contributed by atoms with van der Waals surface area (Å²) in [7, 11) is 0. The van der Waals surface area contributed by atoms with Gasteiger partial charge in [0.05, 0.1) is 22.7 Å². The second-order valence-corrected chi connectivity index (χ2v) is 9.14. The molecular formula is C25H23ClN2O2S. The minimum atomic E-state index is -0.389. The van der Waals surface area contributed by atoms with E-state index in [1.54, 1.807) is 24.0 Å². The number of esters is 1. The quantitative estimate of drug-likeness (QED) is 0.324. The molecule has 4 aromatic rings. The lowest BCUT2D eigenvalue weighted by molar-refractivity contribution is -0.148. The summed E-state index contributed by atoms with van der Waals surface area (Å²) in [4.78, 5) is 21.9. The summed E-state index contributed by atoms with van der Waals surface area (Å²) in [5.41, 5.74) is 1.91. The van der Waals surface area contributed by atoms with Crippen LogP contribution in [0.2, 0.25) is 5.02 Å².